The van der Waals surface area contributed by atoms with Gasteiger partial charge in [-0.05, 0) is 42.8 Å². The van der Waals surface area contributed by atoms with Crippen molar-refractivity contribution in [1.29, 1.82) is 0 Å². The van der Waals surface area contributed by atoms with Crippen LogP contribution in [0.4, 0.5) is 0 Å². The van der Waals surface area contributed by atoms with E-state index in [4.69, 9.17) is 21.4 Å². The van der Waals surface area contributed by atoms with Gasteiger partial charge in [0.2, 0.25) is 5.78 Å². The zero-order valence-corrected chi connectivity index (χ0v) is 18.5. The molecule has 0 amide bonds. The van der Waals surface area contributed by atoms with Crippen LogP contribution in [-0.2, 0) is 0 Å². The lowest BCUT2D eigenvalue weighted by Crippen LogP contribution is -2.45. The molecule has 2 aliphatic rings. The minimum atomic E-state index is -0.826. The van der Waals surface area contributed by atoms with Crippen molar-refractivity contribution >= 4 is 39.0 Å². The number of hydrogen-bond acceptors (Lipinski definition) is 4. The number of fused-ring (bicyclic) bond motifs is 3. The third-order valence-corrected chi connectivity index (χ3v) is 6.25. The number of hydrazone groups is 1. The highest BCUT2D eigenvalue weighted by atomic mass is 79.9. The number of carbonyl (C=O) groups excluding carboxylic acids is 1. The first-order valence-electron chi connectivity index (χ1n) is 9.68. The summed E-state index contributed by atoms with van der Waals surface area (Å²) < 4.78 is 7.07. The van der Waals surface area contributed by atoms with Crippen molar-refractivity contribution in [1.82, 2.24) is 5.01 Å². The van der Waals surface area contributed by atoms with Crippen LogP contribution in [-0.4, -0.2) is 22.7 Å². The average molecular weight is 482 g/mol. The van der Waals surface area contributed by atoms with Gasteiger partial charge in [-0.2, -0.15) is 5.10 Å². The van der Waals surface area contributed by atoms with Gasteiger partial charge < -0.3 is 4.74 Å². The molecule has 3 aromatic carbocycles. The third-order valence-electron chi connectivity index (χ3n) is 5.49. The summed E-state index contributed by atoms with van der Waals surface area (Å²) in [6, 6.07) is 21.0. The quantitative estimate of drug-likeness (QED) is 0.421. The van der Waals surface area contributed by atoms with E-state index in [0.717, 1.165) is 21.3 Å². The maximum absolute atomic E-state index is 13.3. The van der Waals surface area contributed by atoms with Crippen molar-refractivity contribution in [3.63, 3.8) is 0 Å². The molecule has 5 rings (SSSR count). The molecule has 150 valence electrons. The summed E-state index contributed by atoms with van der Waals surface area (Å²) in [6.07, 6.45) is -0.142. The number of carbonyl (C=O) groups is 1. The standard InChI is InChI=1S/C24H18BrClN2O2/c1-14-2-4-15(5-3-14)20-13-21-19-12-18(26)10-11-22(19)30-24(28(21)27-20)23(29)16-6-8-17(25)9-7-16/h2-12,21,24H,13H2,1H3. The first kappa shape index (κ1) is 19.3. The summed E-state index contributed by atoms with van der Waals surface area (Å²) in [5, 5.41) is 7.26. The van der Waals surface area contributed by atoms with Crippen LogP contribution in [0.1, 0.15) is 39.5 Å². The monoisotopic (exact) mass is 480 g/mol. The van der Waals surface area contributed by atoms with Crippen molar-refractivity contribution in [2.75, 3.05) is 0 Å². The topological polar surface area (TPSA) is 41.9 Å². The molecule has 0 fully saturated rings. The van der Waals surface area contributed by atoms with Crippen molar-refractivity contribution in [3.8, 4) is 5.75 Å². The number of hydrogen-bond donors (Lipinski definition) is 0. The molecule has 6 heteroatoms. The Balaban J connectivity index is 1.57. The SMILES string of the molecule is Cc1ccc(C2=NN3C(C(=O)c4ccc(Br)cc4)Oc4ccc(Cl)cc4C3C2)cc1. The Kier molecular flexibility index (Phi) is 4.88. The highest BCUT2D eigenvalue weighted by Gasteiger charge is 2.43. The average Bonchev–Trinajstić information content (AvgIpc) is 3.19. The molecule has 0 saturated carbocycles. The van der Waals surface area contributed by atoms with Gasteiger partial charge in [0.25, 0.3) is 6.23 Å². The lowest BCUT2D eigenvalue weighted by Gasteiger charge is -2.37. The summed E-state index contributed by atoms with van der Waals surface area (Å²) >= 11 is 9.68. The molecule has 30 heavy (non-hydrogen) atoms. The van der Waals surface area contributed by atoms with Crippen molar-refractivity contribution < 1.29 is 9.53 Å². The number of benzene rings is 3. The second kappa shape index (κ2) is 7.56. The highest BCUT2D eigenvalue weighted by molar-refractivity contribution is 9.10. The van der Waals surface area contributed by atoms with Gasteiger partial charge in [-0.15, -0.1) is 0 Å². The van der Waals surface area contributed by atoms with Crippen LogP contribution in [0.2, 0.25) is 5.02 Å². The highest BCUT2D eigenvalue weighted by Crippen LogP contribution is 2.44. The molecular weight excluding hydrogens is 464 g/mol. The van der Waals surface area contributed by atoms with Gasteiger partial charge in [-0.1, -0.05) is 69.5 Å². The summed E-state index contributed by atoms with van der Waals surface area (Å²) in [5.41, 5.74) is 4.71. The molecule has 0 aromatic heterocycles. The van der Waals surface area contributed by atoms with Gasteiger partial charge in [-0.3, -0.25) is 4.79 Å². The predicted molar refractivity (Wildman–Crippen MR) is 121 cm³/mol. The molecule has 0 radical (unpaired) electrons. The van der Waals surface area contributed by atoms with E-state index in [0.29, 0.717) is 22.8 Å². The molecule has 3 aromatic rings. The minimum absolute atomic E-state index is 0.104. The van der Waals surface area contributed by atoms with Crippen LogP contribution >= 0.6 is 27.5 Å². The Bertz CT molecular complexity index is 1160. The number of ketones is 1. The van der Waals surface area contributed by atoms with Gasteiger partial charge in [0, 0.05) is 27.0 Å². The summed E-state index contributed by atoms with van der Waals surface area (Å²) in [5.74, 6) is 0.554. The zero-order chi connectivity index (χ0) is 20.8. The second-order valence-corrected chi connectivity index (χ2v) is 8.89. The molecule has 2 unspecified atom stereocenters. The molecule has 2 aliphatic heterocycles. The predicted octanol–water partition coefficient (Wildman–Crippen LogP) is 6.16. The maximum atomic E-state index is 13.3. The molecule has 0 spiro atoms. The Labute approximate surface area is 188 Å². The number of halogens is 2. The molecule has 0 aliphatic carbocycles. The van der Waals surface area contributed by atoms with E-state index >= 15 is 0 Å². The number of aryl methyl sites for hydroxylation is 1. The fourth-order valence-electron chi connectivity index (χ4n) is 3.91. The molecular formula is C24H18BrClN2O2. The molecule has 4 nitrogen and oxygen atoms in total. The normalized spacial score (nSPS) is 19.6. The summed E-state index contributed by atoms with van der Waals surface area (Å²) in [4.78, 5) is 13.3. The van der Waals surface area contributed by atoms with Gasteiger partial charge >= 0.3 is 0 Å². The Morgan fingerprint density at radius 1 is 1.10 bits per heavy atom. The molecule has 0 N–H and O–H groups in total. The van der Waals surface area contributed by atoms with Crippen LogP contribution in [0.5, 0.6) is 5.75 Å². The second-order valence-electron chi connectivity index (χ2n) is 7.54. The molecule has 2 heterocycles. The van der Waals surface area contributed by atoms with Crippen molar-refractivity contribution in [3.05, 3.63) is 98.5 Å². The van der Waals surface area contributed by atoms with Gasteiger partial charge in [0.05, 0.1) is 11.8 Å². The number of nitrogens with zero attached hydrogens (tertiary/aromatic N) is 2. The van der Waals surface area contributed by atoms with Gasteiger partial charge in [0.1, 0.15) is 5.75 Å². The van der Waals surface area contributed by atoms with Crippen LogP contribution in [0.3, 0.4) is 0 Å². The first-order chi connectivity index (χ1) is 14.5. The van der Waals surface area contributed by atoms with Crippen LogP contribution in [0, 0.1) is 6.92 Å². The van der Waals surface area contributed by atoms with Crippen molar-refractivity contribution in [2.24, 2.45) is 5.10 Å². The molecule has 0 bridgehead atoms. The number of ether oxygens (including phenoxy) is 1. The molecule has 2 atom stereocenters. The minimum Gasteiger partial charge on any atom is -0.461 e. The lowest BCUT2D eigenvalue weighted by molar-refractivity contribution is -0.00455. The lowest BCUT2D eigenvalue weighted by atomic mass is 9.95. The van der Waals surface area contributed by atoms with E-state index in [-0.39, 0.29) is 11.8 Å². The Morgan fingerprint density at radius 3 is 2.57 bits per heavy atom. The van der Waals surface area contributed by atoms with E-state index in [2.05, 4.69) is 47.1 Å². The van der Waals surface area contributed by atoms with E-state index in [1.165, 1.54) is 5.56 Å². The smallest absolute Gasteiger partial charge is 0.251 e. The fourth-order valence-corrected chi connectivity index (χ4v) is 4.35. The van der Waals surface area contributed by atoms with Crippen LogP contribution in [0.25, 0.3) is 0 Å². The van der Waals surface area contributed by atoms with E-state index in [1.807, 2.05) is 24.3 Å². The van der Waals surface area contributed by atoms with E-state index in [9.17, 15) is 4.79 Å². The first-order valence-corrected chi connectivity index (χ1v) is 10.9. The fraction of sp³-hybridized carbons (Fsp3) is 0.167. The molecule has 0 saturated heterocycles. The zero-order valence-electron chi connectivity index (χ0n) is 16.2. The van der Waals surface area contributed by atoms with Crippen molar-refractivity contribution in [2.45, 2.75) is 25.6 Å². The van der Waals surface area contributed by atoms with E-state index < -0.39 is 6.23 Å². The third kappa shape index (κ3) is 3.42. The van der Waals surface area contributed by atoms with Gasteiger partial charge in [-0.25, -0.2) is 5.01 Å². The largest absolute Gasteiger partial charge is 0.461 e. The van der Waals surface area contributed by atoms with E-state index in [1.54, 1.807) is 23.2 Å². The number of rotatable bonds is 3. The maximum Gasteiger partial charge on any atom is 0.251 e. The van der Waals surface area contributed by atoms with Crippen LogP contribution < -0.4 is 4.74 Å². The Morgan fingerprint density at radius 2 is 1.83 bits per heavy atom. The Hall–Kier alpha value is -2.63. The summed E-state index contributed by atoms with van der Waals surface area (Å²) in [7, 11) is 0. The number of Topliss-reactive ketones (excluding diaryl/α,β-unsaturated/α-hetero) is 1. The van der Waals surface area contributed by atoms with Crippen LogP contribution in [0.15, 0.2) is 76.3 Å². The summed E-state index contributed by atoms with van der Waals surface area (Å²) in [6.45, 7) is 2.06. The van der Waals surface area contributed by atoms with Gasteiger partial charge in [0.15, 0.2) is 0 Å².